The van der Waals surface area contributed by atoms with Crippen LogP contribution in [0.2, 0.25) is 0 Å². The Morgan fingerprint density at radius 2 is 2.44 bits per heavy atom. The minimum atomic E-state index is 0.0694. The maximum Gasteiger partial charge on any atom is 0.131 e. The summed E-state index contributed by atoms with van der Waals surface area (Å²) in [4.78, 5) is 10.4. The first kappa shape index (κ1) is 8.49. The molecule has 0 radical (unpaired) electrons. The van der Waals surface area contributed by atoms with Crippen LogP contribution in [0.15, 0.2) is 4.47 Å². The maximum atomic E-state index is 10.4. The molecule has 0 fully saturated rings. The van der Waals surface area contributed by atoms with Crippen molar-refractivity contribution in [2.75, 3.05) is 0 Å². The van der Waals surface area contributed by atoms with Crippen molar-refractivity contribution in [2.45, 2.75) is 26.3 Å². The number of rotatable bonds is 4. The number of ketones is 1. The first-order valence-electron chi connectivity index (χ1n) is 2.74. The van der Waals surface area contributed by atoms with E-state index in [1.165, 1.54) is 0 Å². The Morgan fingerprint density at radius 3 is 2.78 bits per heavy atom. The van der Waals surface area contributed by atoms with Crippen molar-refractivity contribution in [2.24, 2.45) is 4.47 Å². The van der Waals surface area contributed by atoms with E-state index in [4.69, 9.17) is 0 Å². The average Bonchev–Trinajstić information content (AvgIpc) is 1.63. The summed E-state index contributed by atoms with van der Waals surface area (Å²) >= 11 is 4.28. The summed E-state index contributed by atoms with van der Waals surface area (Å²) in [6.07, 6.45) is 0.486. The second-order valence-electron chi connectivity index (χ2n) is 2.03. The van der Waals surface area contributed by atoms with E-state index in [0.717, 1.165) is 0 Å². The number of nitrogens with one attached hydrogen (secondary N) is 1. The van der Waals surface area contributed by atoms with E-state index in [-0.39, 0.29) is 11.8 Å². The smallest absolute Gasteiger partial charge is 0.131 e. The molecule has 3 nitrogen and oxygen atoms in total. The van der Waals surface area contributed by atoms with Gasteiger partial charge in [0.2, 0.25) is 0 Å². The molecule has 0 aliphatic rings. The van der Waals surface area contributed by atoms with Crippen LogP contribution in [0.3, 0.4) is 0 Å². The summed E-state index contributed by atoms with van der Waals surface area (Å²) in [7, 11) is 0. The average molecular weight is 146 g/mol. The molecule has 0 aromatic carbocycles. The second kappa shape index (κ2) is 4.38. The predicted molar refractivity (Wildman–Crippen MR) is 37.7 cm³/mol. The third-order valence-electron chi connectivity index (χ3n) is 0.867. The molecule has 0 saturated heterocycles. The van der Waals surface area contributed by atoms with Gasteiger partial charge in [0.05, 0.1) is 12.4 Å². The van der Waals surface area contributed by atoms with Gasteiger partial charge in [0, 0.05) is 12.5 Å². The van der Waals surface area contributed by atoms with Gasteiger partial charge in [0.25, 0.3) is 0 Å². The number of carbonyl (C=O) groups excluding carboxylic acids is 1. The lowest BCUT2D eigenvalue weighted by Gasteiger charge is -2.04. The van der Waals surface area contributed by atoms with Gasteiger partial charge in [-0.2, -0.15) is 0 Å². The Balaban J connectivity index is 3.37. The van der Waals surface area contributed by atoms with Crippen LogP contribution in [-0.2, 0) is 17.2 Å². The number of hydrogen-bond donors (Lipinski definition) is 1. The highest BCUT2D eigenvalue weighted by Gasteiger charge is 2.01. The topological polar surface area (TPSA) is 41.5 Å². The Hall–Kier alpha value is -0.510. The number of carbonyl (C=O) groups is 1. The molecule has 4 heteroatoms. The fraction of sp³-hybridized carbons (Fsp3) is 0.800. The van der Waals surface area contributed by atoms with Crippen LogP contribution in [0.4, 0.5) is 0 Å². The second-order valence-corrected chi connectivity index (χ2v) is 2.21. The number of hydrogen-bond acceptors (Lipinski definition) is 3. The van der Waals surface area contributed by atoms with Gasteiger partial charge in [-0.1, -0.05) is 0 Å². The molecule has 0 aromatic rings. The van der Waals surface area contributed by atoms with Crippen molar-refractivity contribution >= 4 is 18.2 Å². The van der Waals surface area contributed by atoms with E-state index in [1.807, 2.05) is 6.92 Å². The minimum Gasteiger partial charge on any atom is -0.300 e. The quantitative estimate of drug-likeness (QED) is 0.590. The Labute approximate surface area is 60.0 Å². The molecule has 1 unspecified atom stereocenters. The lowest BCUT2D eigenvalue weighted by Crippen LogP contribution is -2.22. The van der Waals surface area contributed by atoms with E-state index < -0.39 is 0 Å². The molecular formula is C5H10N2OS. The van der Waals surface area contributed by atoms with Gasteiger partial charge in [-0.3, -0.25) is 10.2 Å². The zero-order chi connectivity index (χ0) is 7.28. The molecule has 1 atom stereocenters. The van der Waals surface area contributed by atoms with Crippen LogP contribution in [0, 0.1) is 0 Å². The zero-order valence-electron chi connectivity index (χ0n) is 5.55. The van der Waals surface area contributed by atoms with Crippen molar-refractivity contribution in [3.8, 4) is 0 Å². The van der Waals surface area contributed by atoms with Crippen LogP contribution < -0.4 is 5.43 Å². The van der Waals surface area contributed by atoms with Gasteiger partial charge in [0.15, 0.2) is 0 Å². The molecule has 52 valence electrons. The molecular weight excluding hydrogens is 136 g/mol. The molecule has 0 aromatic heterocycles. The van der Waals surface area contributed by atoms with E-state index >= 15 is 0 Å². The summed E-state index contributed by atoms with van der Waals surface area (Å²) in [6, 6.07) is 0.0694. The molecule has 0 aliphatic heterocycles. The SMILES string of the molecule is CC(=O)CC(C)NN=S. The van der Waals surface area contributed by atoms with Crippen molar-refractivity contribution < 1.29 is 4.79 Å². The van der Waals surface area contributed by atoms with Gasteiger partial charge in [-0.05, 0) is 13.8 Å². The molecule has 0 saturated carbocycles. The van der Waals surface area contributed by atoms with Crippen LogP contribution in [-0.4, -0.2) is 11.8 Å². The van der Waals surface area contributed by atoms with Crippen molar-refractivity contribution in [3.05, 3.63) is 0 Å². The summed E-state index contributed by atoms with van der Waals surface area (Å²) in [6.45, 7) is 3.40. The van der Waals surface area contributed by atoms with Gasteiger partial charge >= 0.3 is 0 Å². The molecule has 0 bridgehead atoms. The molecule has 0 spiro atoms. The monoisotopic (exact) mass is 146 g/mol. The molecule has 1 N–H and O–H groups in total. The van der Waals surface area contributed by atoms with Crippen molar-refractivity contribution in [1.82, 2.24) is 5.43 Å². The summed E-state index contributed by atoms with van der Waals surface area (Å²) in [5, 5.41) is 0. The van der Waals surface area contributed by atoms with E-state index in [9.17, 15) is 4.79 Å². The Kier molecular flexibility index (Phi) is 4.13. The zero-order valence-corrected chi connectivity index (χ0v) is 6.36. The minimum absolute atomic E-state index is 0.0694. The van der Waals surface area contributed by atoms with Gasteiger partial charge in [0.1, 0.15) is 5.78 Å². The van der Waals surface area contributed by atoms with Crippen LogP contribution >= 0.6 is 0 Å². The standard InChI is InChI=1S/C5H10N2OS/c1-4(6-7-9)3-5(2)8/h4H,3H2,1-2H3,(H,6,9). The van der Waals surface area contributed by atoms with Gasteiger partial charge in [-0.15, -0.1) is 4.47 Å². The van der Waals surface area contributed by atoms with Gasteiger partial charge in [-0.25, -0.2) is 0 Å². The highest BCUT2D eigenvalue weighted by atomic mass is 32.1. The summed E-state index contributed by atoms with van der Waals surface area (Å²) < 4.78 is 3.27. The predicted octanol–water partition coefficient (Wildman–Crippen LogP) is 0.589. The lowest BCUT2D eigenvalue weighted by atomic mass is 10.2. The molecule has 0 aliphatic carbocycles. The molecule has 9 heavy (non-hydrogen) atoms. The fourth-order valence-electron chi connectivity index (χ4n) is 0.567. The maximum absolute atomic E-state index is 10.4. The molecule has 0 heterocycles. The highest BCUT2D eigenvalue weighted by molar-refractivity contribution is 7.47. The third kappa shape index (κ3) is 5.36. The van der Waals surface area contributed by atoms with Crippen LogP contribution in [0.1, 0.15) is 20.3 Å². The first-order valence-corrected chi connectivity index (χ1v) is 3.10. The van der Waals surface area contributed by atoms with E-state index in [0.29, 0.717) is 6.42 Å². The van der Waals surface area contributed by atoms with Crippen LogP contribution in [0.5, 0.6) is 0 Å². The molecule has 0 amide bonds. The normalized spacial score (nSPS) is 12.2. The van der Waals surface area contributed by atoms with Crippen molar-refractivity contribution in [3.63, 3.8) is 0 Å². The van der Waals surface area contributed by atoms with Crippen molar-refractivity contribution in [1.29, 1.82) is 0 Å². The van der Waals surface area contributed by atoms with Gasteiger partial charge < -0.3 is 0 Å². The fourth-order valence-corrected chi connectivity index (χ4v) is 0.747. The third-order valence-corrected chi connectivity index (χ3v) is 0.972. The van der Waals surface area contributed by atoms with E-state index in [1.54, 1.807) is 6.92 Å². The van der Waals surface area contributed by atoms with E-state index in [2.05, 4.69) is 22.3 Å². The lowest BCUT2D eigenvalue weighted by molar-refractivity contribution is -0.117. The summed E-state index contributed by atoms with van der Waals surface area (Å²) in [5.74, 6) is 0.147. The number of nitrogens with zero attached hydrogens (tertiary/aromatic N) is 1. The highest BCUT2D eigenvalue weighted by Crippen LogP contribution is 1.89. The largest absolute Gasteiger partial charge is 0.300 e. The first-order chi connectivity index (χ1) is 4.16. The number of Topliss-reactive ketones (excluding diaryl/α,β-unsaturated/α-hetero) is 1. The van der Waals surface area contributed by atoms with Crippen LogP contribution in [0.25, 0.3) is 0 Å². The molecule has 0 rings (SSSR count). The Morgan fingerprint density at radius 1 is 1.89 bits per heavy atom. The Bertz CT molecular complexity index is 116. The summed E-state index contributed by atoms with van der Waals surface area (Å²) in [5.41, 5.74) is 2.60.